The maximum absolute atomic E-state index is 12.4. The second kappa shape index (κ2) is 4.90. The normalized spacial score (nSPS) is 22.5. The van der Waals surface area contributed by atoms with E-state index in [0.29, 0.717) is 24.3 Å². The van der Waals surface area contributed by atoms with Crippen LogP contribution in [0.25, 0.3) is 11.1 Å². The number of hydrogen-bond donors (Lipinski definition) is 0. The van der Waals surface area contributed by atoms with Crippen molar-refractivity contribution in [2.45, 2.75) is 32.9 Å². The van der Waals surface area contributed by atoms with Crippen LogP contribution in [-0.4, -0.2) is 23.1 Å². The molecule has 5 heteroatoms. The summed E-state index contributed by atoms with van der Waals surface area (Å²) in [5.41, 5.74) is 1.77. The van der Waals surface area contributed by atoms with Crippen molar-refractivity contribution in [3.05, 3.63) is 34.3 Å². The fourth-order valence-electron chi connectivity index (χ4n) is 2.75. The van der Waals surface area contributed by atoms with Gasteiger partial charge in [0.15, 0.2) is 11.4 Å². The van der Waals surface area contributed by atoms with Crippen molar-refractivity contribution in [3.63, 3.8) is 0 Å². The van der Waals surface area contributed by atoms with Crippen LogP contribution < -0.4 is 5.76 Å². The van der Waals surface area contributed by atoms with E-state index >= 15 is 0 Å². The molecule has 0 N–H and O–H groups in total. The van der Waals surface area contributed by atoms with Gasteiger partial charge in [-0.15, -0.1) is 0 Å². The minimum Gasteiger partial charge on any atom is -0.408 e. The number of Topliss-reactive ketones (excluding diaryl/α,β-unsaturated/α-hetero) is 1. The number of aromatic nitrogens is 1. The third-order valence-electron chi connectivity index (χ3n) is 3.84. The molecule has 2 atom stereocenters. The molecule has 0 aliphatic carbocycles. The second-order valence-electron chi connectivity index (χ2n) is 5.24. The lowest BCUT2D eigenvalue weighted by Crippen LogP contribution is -2.15. The van der Waals surface area contributed by atoms with Crippen molar-refractivity contribution >= 4 is 16.9 Å². The van der Waals surface area contributed by atoms with E-state index in [1.165, 1.54) is 0 Å². The number of carbonyl (C=O) groups is 1. The summed E-state index contributed by atoms with van der Waals surface area (Å²) >= 11 is 0. The van der Waals surface area contributed by atoms with Gasteiger partial charge in [-0.3, -0.25) is 9.36 Å². The van der Waals surface area contributed by atoms with E-state index in [0.717, 1.165) is 11.9 Å². The fourth-order valence-corrected chi connectivity index (χ4v) is 2.75. The van der Waals surface area contributed by atoms with Gasteiger partial charge in [0.2, 0.25) is 0 Å². The first-order valence-electron chi connectivity index (χ1n) is 6.89. The third-order valence-corrected chi connectivity index (χ3v) is 3.84. The van der Waals surface area contributed by atoms with Crippen LogP contribution in [0.1, 0.15) is 30.6 Å². The van der Waals surface area contributed by atoms with Gasteiger partial charge < -0.3 is 9.15 Å². The molecule has 5 nitrogen and oxygen atoms in total. The molecule has 1 aromatic carbocycles. The van der Waals surface area contributed by atoms with Gasteiger partial charge in [-0.25, -0.2) is 4.79 Å². The Morgan fingerprint density at radius 2 is 2.25 bits per heavy atom. The Bertz CT molecular complexity index is 712. The summed E-state index contributed by atoms with van der Waals surface area (Å²) in [7, 11) is 0. The lowest BCUT2D eigenvalue weighted by molar-refractivity contribution is 0.0877. The number of aryl methyl sites for hydroxylation is 1. The molecule has 0 spiro atoms. The molecular weight excluding hydrogens is 258 g/mol. The molecule has 1 aliphatic rings. The van der Waals surface area contributed by atoms with E-state index < -0.39 is 0 Å². The maximum Gasteiger partial charge on any atom is 0.419 e. The predicted molar refractivity (Wildman–Crippen MR) is 74.0 cm³/mol. The number of rotatable bonds is 3. The molecule has 1 aromatic heterocycles. The molecule has 1 saturated heterocycles. The largest absolute Gasteiger partial charge is 0.419 e. The van der Waals surface area contributed by atoms with Crippen molar-refractivity contribution in [1.29, 1.82) is 0 Å². The van der Waals surface area contributed by atoms with E-state index in [2.05, 4.69) is 0 Å². The smallest absolute Gasteiger partial charge is 0.408 e. The number of oxazole rings is 1. The molecule has 0 radical (unpaired) electrons. The number of ketones is 1. The quantitative estimate of drug-likeness (QED) is 0.806. The summed E-state index contributed by atoms with van der Waals surface area (Å²) in [6, 6.07) is 5.19. The molecule has 1 aliphatic heterocycles. The number of ether oxygens (including phenoxy) is 1. The Hall–Kier alpha value is -1.88. The average molecular weight is 275 g/mol. The highest BCUT2D eigenvalue weighted by molar-refractivity contribution is 6.00. The SMILES string of the molecule is CCn1c(=O)oc2cc(C(=O)C3COC(C)C3)ccc21. The van der Waals surface area contributed by atoms with Crippen LogP contribution in [0.3, 0.4) is 0 Å². The highest BCUT2D eigenvalue weighted by atomic mass is 16.5. The lowest BCUT2D eigenvalue weighted by atomic mass is 9.95. The molecular formula is C15H17NO4. The summed E-state index contributed by atoms with van der Waals surface area (Å²) in [5, 5.41) is 0. The molecule has 106 valence electrons. The van der Waals surface area contributed by atoms with Gasteiger partial charge in [-0.2, -0.15) is 0 Å². The standard InChI is InChI=1S/C15H17NO4/c1-3-16-12-5-4-10(7-13(12)20-15(16)18)14(17)11-6-9(2)19-8-11/h4-5,7,9,11H,3,6,8H2,1-2H3. The minimum atomic E-state index is -0.384. The third kappa shape index (κ3) is 2.08. The highest BCUT2D eigenvalue weighted by Crippen LogP contribution is 2.24. The first-order valence-corrected chi connectivity index (χ1v) is 6.89. The topological polar surface area (TPSA) is 61.4 Å². The van der Waals surface area contributed by atoms with Gasteiger partial charge in [-0.1, -0.05) is 0 Å². The van der Waals surface area contributed by atoms with Crippen LogP contribution >= 0.6 is 0 Å². The van der Waals surface area contributed by atoms with Crippen molar-refractivity contribution in [3.8, 4) is 0 Å². The molecule has 0 bridgehead atoms. The Morgan fingerprint density at radius 3 is 2.90 bits per heavy atom. The van der Waals surface area contributed by atoms with Crippen LogP contribution in [0.15, 0.2) is 27.4 Å². The Balaban J connectivity index is 1.97. The zero-order chi connectivity index (χ0) is 14.3. The van der Waals surface area contributed by atoms with E-state index in [-0.39, 0.29) is 23.6 Å². The van der Waals surface area contributed by atoms with Gasteiger partial charge in [-0.05, 0) is 38.5 Å². The molecule has 0 amide bonds. The van der Waals surface area contributed by atoms with Crippen molar-refractivity contribution in [2.75, 3.05) is 6.61 Å². The van der Waals surface area contributed by atoms with E-state index in [9.17, 15) is 9.59 Å². The van der Waals surface area contributed by atoms with E-state index in [4.69, 9.17) is 9.15 Å². The van der Waals surface area contributed by atoms with Gasteiger partial charge in [0.25, 0.3) is 0 Å². The molecule has 20 heavy (non-hydrogen) atoms. The van der Waals surface area contributed by atoms with Crippen molar-refractivity contribution < 1.29 is 13.9 Å². The first kappa shape index (κ1) is 13.1. The highest BCUT2D eigenvalue weighted by Gasteiger charge is 2.29. The number of nitrogens with zero attached hydrogens (tertiary/aromatic N) is 1. The lowest BCUT2D eigenvalue weighted by Gasteiger charge is -2.06. The minimum absolute atomic E-state index is 0.0585. The van der Waals surface area contributed by atoms with Gasteiger partial charge >= 0.3 is 5.76 Å². The molecule has 1 fully saturated rings. The molecule has 2 heterocycles. The molecule has 0 saturated carbocycles. The zero-order valence-corrected chi connectivity index (χ0v) is 11.6. The van der Waals surface area contributed by atoms with Crippen molar-refractivity contribution in [2.24, 2.45) is 5.92 Å². The monoisotopic (exact) mass is 275 g/mol. The summed E-state index contributed by atoms with van der Waals surface area (Å²) in [6.07, 6.45) is 0.878. The Labute approximate surface area is 116 Å². The van der Waals surface area contributed by atoms with Gasteiger partial charge in [0.1, 0.15) is 0 Å². The Kier molecular flexibility index (Phi) is 3.22. The number of benzene rings is 1. The van der Waals surface area contributed by atoms with Gasteiger partial charge in [0, 0.05) is 18.0 Å². The molecule has 2 aromatic rings. The first-order chi connectivity index (χ1) is 9.60. The summed E-state index contributed by atoms with van der Waals surface area (Å²) in [4.78, 5) is 24.0. The summed E-state index contributed by atoms with van der Waals surface area (Å²) in [6.45, 7) is 4.87. The van der Waals surface area contributed by atoms with Crippen LogP contribution in [0, 0.1) is 5.92 Å². The zero-order valence-electron chi connectivity index (χ0n) is 11.6. The molecule has 2 unspecified atom stereocenters. The van der Waals surface area contributed by atoms with Crippen LogP contribution in [0.4, 0.5) is 0 Å². The van der Waals surface area contributed by atoms with Crippen LogP contribution in [0.5, 0.6) is 0 Å². The second-order valence-corrected chi connectivity index (χ2v) is 5.24. The van der Waals surface area contributed by atoms with Crippen LogP contribution in [0.2, 0.25) is 0 Å². The number of hydrogen-bond acceptors (Lipinski definition) is 4. The average Bonchev–Trinajstić information content (AvgIpc) is 2.99. The predicted octanol–water partition coefficient (Wildman–Crippen LogP) is 2.22. The van der Waals surface area contributed by atoms with E-state index in [1.807, 2.05) is 13.8 Å². The Morgan fingerprint density at radius 1 is 1.45 bits per heavy atom. The van der Waals surface area contributed by atoms with E-state index in [1.54, 1.807) is 22.8 Å². The van der Waals surface area contributed by atoms with Gasteiger partial charge in [0.05, 0.1) is 18.2 Å². The fraction of sp³-hybridized carbons (Fsp3) is 0.467. The van der Waals surface area contributed by atoms with Crippen LogP contribution in [-0.2, 0) is 11.3 Å². The maximum atomic E-state index is 12.4. The van der Waals surface area contributed by atoms with Crippen molar-refractivity contribution in [1.82, 2.24) is 4.57 Å². The number of fused-ring (bicyclic) bond motifs is 1. The summed E-state index contributed by atoms with van der Waals surface area (Å²) < 4.78 is 12.2. The molecule has 3 rings (SSSR count). The summed E-state index contributed by atoms with van der Waals surface area (Å²) in [5.74, 6) is -0.421. The number of carbonyl (C=O) groups excluding carboxylic acids is 1.